The van der Waals surface area contributed by atoms with E-state index < -0.39 is 14.9 Å². The van der Waals surface area contributed by atoms with Crippen LogP contribution in [0.5, 0.6) is 0 Å². The minimum atomic E-state index is -3.78. The Labute approximate surface area is 168 Å². The van der Waals surface area contributed by atoms with Crippen LogP contribution in [-0.4, -0.2) is 48.8 Å². The van der Waals surface area contributed by atoms with E-state index in [2.05, 4.69) is 4.90 Å². The number of nitrogens with zero attached hydrogens (tertiary/aromatic N) is 4. The van der Waals surface area contributed by atoms with Crippen molar-refractivity contribution in [3.05, 3.63) is 70.3 Å². The Bertz CT molecular complexity index is 1190. The molecular formula is C20H20N4O4S. The van der Waals surface area contributed by atoms with Gasteiger partial charge >= 0.3 is 0 Å². The maximum atomic E-state index is 12.9. The maximum Gasteiger partial charge on any atom is 0.270 e. The zero-order chi connectivity index (χ0) is 20.6. The molecule has 9 heteroatoms. The van der Waals surface area contributed by atoms with Gasteiger partial charge in [-0.15, -0.1) is 0 Å². The Morgan fingerprint density at radius 2 is 1.72 bits per heavy atom. The number of fused-ring (bicyclic) bond motifs is 1. The molecule has 4 rings (SSSR count). The smallest absolute Gasteiger partial charge is 0.270 e. The number of nitro groups is 1. The number of anilines is 1. The number of nitro benzene ring substituents is 1. The van der Waals surface area contributed by atoms with Crippen molar-refractivity contribution >= 4 is 32.4 Å². The summed E-state index contributed by atoms with van der Waals surface area (Å²) in [7, 11) is -3.78. The van der Waals surface area contributed by atoms with Crippen LogP contribution in [-0.2, 0) is 10.0 Å². The van der Waals surface area contributed by atoms with Gasteiger partial charge in [0.25, 0.3) is 5.69 Å². The lowest BCUT2D eigenvalue weighted by molar-refractivity contribution is -0.385. The molecule has 0 radical (unpaired) electrons. The zero-order valence-electron chi connectivity index (χ0n) is 15.9. The van der Waals surface area contributed by atoms with Crippen molar-refractivity contribution in [3.8, 4) is 0 Å². The SMILES string of the molecule is Cc1cc(N2CCN(S(=O)(=O)c3cccc([N+](=O)[O-])c3)CC2)nc2ccccc12. The molecule has 1 aromatic heterocycles. The summed E-state index contributed by atoms with van der Waals surface area (Å²) in [5.74, 6) is 0.827. The quantitative estimate of drug-likeness (QED) is 0.483. The number of sulfonamides is 1. The van der Waals surface area contributed by atoms with Crippen LogP contribution >= 0.6 is 0 Å². The van der Waals surface area contributed by atoms with Crippen molar-refractivity contribution in [2.75, 3.05) is 31.1 Å². The topological polar surface area (TPSA) is 96.7 Å². The van der Waals surface area contributed by atoms with Crippen molar-refractivity contribution in [3.63, 3.8) is 0 Å². The number of hydrogen-bond acceptors (Lipinski definition) is 6. The Hall–Kier alpha value is -3.04. The normalized spacial score (nSPS) is 15.6. The number of hydrogen-bond donors (Lipinski definition) is 0. The third kappa shape index (κ3) is 3.66. The van der Waals surface area contributed by atoms with Gasteiger partial charge in [-0.05, 0) is 30.7 Å². The standard InChI is InChI=1S/C20H20N4O4S/c1-15-13-20(21-19-8-3-2-7-18(15)19)22-9-11-23(12-10-22)29(27,28)17-6-4-5-16(14-17)24(25)26/h2-8,13-14H,9-12H2,1H3. The first-order valence-corrected chi connectivity index (χ1v) is 10.7. The second-order valence-electron chi connectivity index (χ2n) is 6.96. The molecule has 0 amide bonds. The van der Waals surface area contributed by atoms with Gasteiger partial charge in [0.2, 0.25) is 10.0 Å². The second kappa shape index (κ2) is 7.41. The summed E-state index contributed by atoms with van der Waals surface area (Å²) in [5, 5.41) is 12.1. The van der Waals surface area contributed by atoms with E-state index in [0.29, 0.717) is 26.2 Å². The lowest BCUT2D eigenvalue weighted by atomic mass is 10.1. The van der Waals surface area contributed by atoms with E-state index in [-0.39, 0.29) is 10.6 Å². The molecule has 0 N–H and O–H groups in total. The van der Waals surface area contributed by atoms with Crippen LogP contribution in [0.15, 0.2) is 59.5 Å². The van der Waals surface area contributed by atoms with E-state index in [1.54, 1.807) is 0 Å². The molecule has 1 aliphatic heterocycles. The Kier molecular flexibility index (Phi) is 4.93. The van der Waals surface area contributed by atoms with E-state index in [4.69, 9.17) is 4.98 Å². The van der Waals surface area contributed by atoms with E-state index in [1.165, 1.54) is 22.5 Å². The van der Waals surface area contributed by atoms with Gasteiger partial charge in [0.05, 0.1) is 15.3 Å². The van der Waals surface area contributed by atoms with Crippen LogP contribution < -0.4 is 4.90 Å². The largest absolute Gasteiger partial charge is 0.354 e. The van der Waals surface area contributed by atoms with Gasteiger partial charge in [0.1, 0.15) is 5.82 Å². The van der Waals surface area contributed by atoms with Crippen LogP contribution in [0.3, 0.4) is 0 Å². The predicted octanol–water partition coefficient (Wildman–Crippen LogP) is 2.96. The van der Waals surface area contributed by atoms with Gasteiger partial charge in [0.15, 0.2) is 0 Å². The fourth-order valence-corrected chi connectivity index (χ4v) is 5.02. The van der Waals surface area contributed by atoms with E-state index in [9.17, 15) is 18.5 Å². The molecule has 1 fully saturated rings. The van der Waals surface area contributed by atoms with Gasteiger partial charge in [-0.2, -0.15) is 4.31 Å². The summed E-state index contributed by atoms with van der Waals surface area (Å²) < 4.78 is 27.2. The van der Waals surface area contributed by atoms with Crippen molar-refractivity contribution in [1.29, 1.82) is 0 Å². The number of aryl methyl sites for hydroxylation is 1. The molecule has 0 unspecified atom stereocenters. The number of para-hydroxylation sites is 1. The first-order valence-electron chi connectivity index (χ1n) is 9.22. The average molecular weight is 412 g/mol. The van der Waals surface area contributed by atoms with Gasteiger partial charge in [-0.25, -0.2) is 13.4 Å². The minimum absolute atomic E-state index is 0.0557. The molecule has 150 valence electrons. The highest BCUT2D eigenvalue weighted by Crippen LogP contribution is 2.25. The molecule has 0 atom stereocenters. The van der Waals surface area contributed by atoms with E-state index >= 15 is 0 Å². The average Bonchev–Trinajstić information content (AvgIpc) is 2.74. The van der Waals surface area contributed by atoms with Gasteiger partial charge in [-0.1, -0.05) is 24.3 Å². The third-order valence-electron chi connectivity index (χ3n) is 5.14. The van der Waals surface area contributed by atoms with Crippen LogP contribution in [0.2, 0.25) is 0 Å². The highest BCUT2D eigenvalue weighted by Gasteiger charge is 2.30. The fourth-order valence-electron chi connectivity index (χ4n) is 3.56. The summed E-state index contributed by atoms with van der Waals surface area (Å²) in [4.78, 5) is 17.1. The monoisotopic (exact) mass is 412 g/mol. The molecule has 2 heterocycles. The van der Waals surface area contributed by atoms with Crippen LogP contribution in [0.4, 0.5) is 11.5 Å². The maximum absolute atomic E-state index is 12.9. The Morgan fingerprint density at radius 1 is 1.00 bits per heavy atom. The third-order valence-corrected chi connectivity index (χ3v) is 7.03. The van der Waals surface area contributed by atoms with Crippen LogP contribution in [0.25, 0.3) is 10.9 Å². The number of benzene rings is 2. The number of non-ortho nitro benzene ring substituents is 1. The van der Waals surface area contributed by atoms with Crippen molar-refractivity contribution in [2.45, 2.75) is 11.8 Å². The minimum Gasteiger partial charge on any atom is -0.354 e. The van der Waals surface area contributed by atoms with Crippen LogP contribution in [0.1, 0.15) is 5.56 Å². The van der Waals surface area contributed by atoms with E-state index in [1.807, 2.05) is 37.3 Å². The molecule has 8 nitrogen and oxygen atoms in total. The predicted molar refractivity (Wildman–Crippen MR) is 111 cm³/mol. The fraction of sp³-hybridized carbons (Fsp3) is 0.250. The summed E-state index contributed by atoms with van der Waals surface area (Å²) in [6.45, 7) is 3.62. The van der Waals surface area contributed by atoms with Crippen LogP contribution in [0, 0.1) is 17.0 Å². The lowest BCUT2D eigenvalue weighted by Gasteiger charge is -2.34. The zero-order valence-corrected chi connectivity index (χ0v) is 16.7. The highest BCUT2D eigenvalue weighted by atomic mass is 32.2. The molecule has 1 aliphatic rings. The molecule has 2 aromatic carbocycles. The van der Waals surface area contributed by atoms with Gasteiger partial charge < -0.3 is 4.90 Å². The number of rotatable bonds is 4. The van der Waals surface area contributed by atoms with Crippen molar-refractivity contribution in [2.24, 2.45) is 0 Å². The van der Waals surface area contributed by atoms with E-state index in [0.717, 1.165) is 28.4 Å². The Balaban J connectivity index is 1.53. The molecule has 29 heavy (non-hydrogen) atoms. The summed E-state index contributed by atoms with van der Waals surface area (Å²) in [6, 6.07) is 15.1. The number of pyridine rings is 1. The second-order valence-corrected chi connectivity index (χ2v) is 8.90. The molecule has 0 aliphatic carbocycles. The molecule has 0 bridgehead atoms. The molecule has 0 spiro atoms. The summed E-state index contributed by atoms with van der Waals surface area (Å²) >= 11 is 0. The van der Waals surface area contributed by atoms with Crippen molar-refractivity contribution in [1.82, 2.24) is 9.29 Å². The summed E-state index contributed by atoms with van der Waals surface area (Å²) in [6.07, 6.45) is 0. The lowest BCUT2D eigenvalue weighted by Crippen LogP contribution is -2.48. The molecule has 1 saturated heterocycles. The molecular weight excluding hydrogens is 392 g/mol. The number of aromatic nitrogens is 1. The van der Waals surface area contributed by atoms with Gasteiger partial charge in [0, 0.05) is 43.7 Å². The molecule has 0 saturated carbocycles. The highest BCUT2D eigenvalue weighted by molar-refractivity contribution is 7.89. The summed E-state index contributed by atoms with van der Waals surface area (Å²) in [5.41, 5.74) is 1.80. The first kappa shape index (κ1) is 19.3. The Morgan fingerprint density at radius 3 is 2.45 bits per heavy atom. The molecule has 3 aromatic rings. The first-order chi connectivity index (χ1) is 13.9. The van der Waals surface area contributed by atoms with Gasteiger partial charge in [-0.3, -0.25) is 10.1 Å². The van der Waals surface area contributed by atoms with Crippen molar-refractivity contribution < 1.29 is 13.3 Å². The number of piperazine rings is 1.